The zero-order valence-electron chi connectivity index (χ0n) is 10.1. The Kier molecular flexibility index (Phi) is 2.45. The highest BCUT2D eigenvalue weighted by atomic mass is 32.2. The van der Waals surface area contributed by atoms with E-state index < -0.39 is 15.4 Å². The fourth-order valence-corrected chi connectivity index (χ4v) is 4.30. The largest absolute Gasteiger partial charge is 0.385 e. The Bertz CT molecular complexity index is 508. The second kappa shape index (κ2) is 3.69. The van der Waals surface area contributed by atoms with Crippen molar-refractivity contribution in [1.29, 1.82) is 0 Å². The van der Waals surface area contributed by atoms with E-state index in [2.05, 4.69) is 4.99 Å². The van der Waals surface area contributed by atoms with E-state index in [1.807, 2.05) is 0 Å². The minimum Gasteiger partial charge on any atom is -0.385 e. The van der Waals surface area contributed by atoms with Gasteiger partial charge < -0.3 is 10.6 Å². The number of sulfone groups is 1. The van der Waals surface area contributed by atoms with E-state index in [1.54, 1.807) is 4.90 Å². The van der Waals surface area contributed by atoms with Crippen molar-refractivity contribution in [2.45, 2.75) is 31.2 Å². The molecule has 3 rings (SSSR count). The third-order valence-corrected chi connectivity index (χ3v) is 5.88. The molecule has 0 aromatic heterocycles. The fourth-order valence-electron chi connectivity index (χ4n) is 2.80. The fraction of sp³-hybridized carbons (Fsp3) is 0.818. The Morgan fingerprint density at radius 3 is 2.50 bits per heavy atom. The number of hydrogen-bond donors (Lipinski definition) is 1. The van der Waals surface area contributed by atoms with Crippen molar-refractivity contribution in [3.8, 4) is 0 Å². The van der Waals surface area contributed by atoms with Crippen molar-refractivity contribution in [3.63, 3.8) is 0 Å². The maximum absolute atomic E-state index is 11.9. The zero-order valence-corrected chi connectivity index (χ0v) is 10.9. The molecule has 2 heterocycles. The van der Waals surface area contributed by atoms with Crippen molar-refractivity contribution in [3.05, 3.63) is 0 Å². The summed E-state index contributed by atoms with van der Waals surface area (Å²) in [6.07, 6.45) is 3.06. The topological polar surface area (TPSA) is 92.8 Å². The summed E-state index contributed by atoms with van der Waals surface area (Å²) < 4.78 is 23.1. The molecular weight excluding hydrogens is 254 g/mol. The minimum absolute atomic E-state index is 0.0949. The molecule has 2 amide bonds. The summed E-state index contributed by atoms with van der Waals surface area (Å²) in [5.74, 6) is 1.04. The molecule has 2 N–H and O–H groups in total. The highest BCUT2D eigenvalue weighted by Gasteiger charge is 2.52. The van der Waals surface area contributed by atoms with Gasteiger partial charge in [0, 0.05) is 6.54 Å². The van der Waals surface area contributed by atoms with Crippen LogP contribution in [0.5, 0.6) is 0 Å². The molecule has 0 aromatic rings. The Hall–Kier alpha value is -1.11. The molecule has 0 aromatic carbocycles. The van der Waals surface area contributed by atoms with Gasteiger partial charge in [0.2, 0.25) is 0 Å². The summed E-state index contributed by atoms with van der Waals surface area (Å²) in [7, 11) is -2.97. The van der Waals surface area contributed by atoms with Crippen LogP contribution in [0.15, 0.2) is 4.99 Å². The number of hydrogen-bond acceptors (Lipinski definition) is 4. The lowest BCUT2D eigenvalue weighted by atomic mass is 9.89. The Labute approximate surface area is 106 Å². The number of amides is 2. The van der Waals surface area contributed by atoms with Crippen LogP contribution in [-0.2, 0) is 9.84 Å². The van der Waals surface area contributed by atoms with Crippen LogP contribution in [-0.4, -0.2) is 48.8 Å². The average Bonchev–Trinajstić information content (AvgIpc) is 3.06. The molecule has 0 radical (unpaired) electrons. The Balaban J connectivity index is 1.87. The first-order valence-electron chi connectivity index (χ1n) is 6.30. The summed E-state index contributed by atoms with van der Waals surface area (Å²) >= 11 is 0. The van der Waals surface area contributed by atoms with E-state index in [1.165, 1.54) is 0 Å². The molecule has 6 nitrogen and oxygen atoms in total. The second-order valence-corrected chi connectivity index (χ2v) is 7.82. The first-order valence-corrected chi connectivity index (χ1v) is 8.12. The van der Waals surface area contributed by atoms with Gasteiger partial charge in [-0.25, -0.2) is 13.2 Å². The normalized spacial score (nSPS) is 29.7. The summed E-state index contributed by atoms with van der Waals surface area (Å²) in [6, 6.07) is -0.293. The summed E-state index contributed by atoms with van der Waals surface area (Å²) in [5.41, 5.74) is 5.28. The highest BCUT2D eigenvalue weighted by molar-refractivity contribution is 7.91. The molecule has 2 fully saturated rings. The number of amidine groups is 1. The quantitative estimate of drug-likeness (QED) is 0.773. The number of aliphatic imine (C=N–C) groups is 1. The molecule has 1 saturated carbocycles. The molecule has 2 aliphatic heterocycles. The molecule has 18 heavy (non-hydrogen) atoms. The lowest BCUT2D eigenvalue weighted by molar-refractivity contribution is 0.159. The molecule has 0 unspecified atom stereocenters. The van der Waals surface area contributed by atoms with Crippen LogP contribution in [0.1, 0.15) is 25.7 Å². The monoisotopic (exact) mass is 271 g/mol. The van der Waals surface area contributed by atoms with Crippen molar-refractivity contribution in [1.82, 2.24) is 4.90 Å². The number of carbonyl (C=O) groups excluding carboxylic acids is 1. The Morgan fingerprint density at radius 1 is 1.33 bits per heavy atom. The van der Waals surface area contributed by atoms with Gasteiger partial charge in [0.05, 0.1) is 11.5 Å². The molecule has 0 bridgehead atoms. The van der Waals surface area contributed by atoms with Gasteiger partial charge in [-0.05, 0) is 31.6 Å². The maximum Gasteiger partial charge on any atom is 0.346 e. The zero-order chi connectivity index (χ0) is 13.0. The van der Waals surface area contributed by atoms with Gasteiger partial charge in [-0.15, -0.1) is 0 Å². The lowest BCUT2D eigenvalue weighted by Gasteiger charge is -2.40. The van der Waals surface area contributed by atoms with Gasteiger partial charge in [0.15, 0.2) is 9.84 Å². The van der Waals surface area contributed by atoms with Crippen LogP contribution >= 0.6 is 0 Å². The van der Waals surface area contributed by atoms with Gasteiger partial charge >= 0.3 is 6.03 Å². The van der Waals surface area contributed by atoms with Gasteiger partial charge in [0.25, 0.3) is 0 Å². The van der Waals surface area contributed by atoms with Crippen LogP contribution in [0.4, 0.5) is 4.79 Å². The van der Waals surface area contributed by atoms with Crippen molar-refractivity contribution in [2.24, 2.45) is 16.6 Å². The van der Waals surface area contributed by atoms with Gasteiger partial charge in [-0.2, -0.15) is 4.99 Å². The first kappa shape index (κ1) is 12.0. The molecular formula is C11H17N3O3S. The average molecular weight is 271 g/mol. The van der Waals surface area contributed by atoms with E-state index in [9.17, 15) is 13.2 Å². The van der Waals surface area contributed by atoms with Crippen LogP contribution in [0.25, 0.3) is 0 Å². The minimum atomic E-state index is -2.97. The van der Waals surface area contributed by atoms with Crippen molar-refractivity contribution >= 4 is 21.7 Å². The summed E-state index contributed by atoms with van der Waals surface area (Å²) in [6.45, 7) is 0.670. The van der Waals surface area contributed by atoms with Crippen LogP contribution in [0.2, 0.25) is 0 Å². The standard InChI is InChI=1S/C11H17N3O3S/c12-9-11(3-5-18(16,17)6-4-11)14(10(15)13-9)7-8-1-2-8/h8H,1-7H2,(H2,12,13,15). The summed E-state index contributed by atoms with van der Waals surface area (Å²) in [4.78, 5) is 17.5. The van der Waals surface area contributed by atoms with E-state index in [0.717, 1.165) is 12.8 Å². The van der Waals surface area contributed by atoms with Crippen molar-refractivity contribution < 1.29 is 13.2 Å². The first-order chi connectivity index (χ1) is 8.43. The van der Waals surface area contributed by atoms with Crippen LogP contribution in [0.3, 0.4) is 0 Å². The molecule has 3 aliphatic rings. The maximum atomic E-state index is 11.9. The number of rotatable bonds is 2. The SMILES string of the molecule is NC1=NC(=O)N(CC2CC2)C12CCS(=O)(=O)CC2. The lowest BCUT2D eigenvalue weighted by Crippen LogP contribution is -2.58. The van der Waals surface area contributed by atoms with E-state index in [0.29, 0.717) is 31.1 Å². The van der Waals surface area contributed by atoms with Crippen LogP contribution < -0.4 is 5.73 Å². The van der Waals surface area contributed by atoms with Crippen molar-refractivity contribution in [2.75, 3.05) is 18.1 Å². The number of nitrogens with two attached hydrogens (primary N) is 1. The molecule has 1 spiro atoms. The van der Waals surface area contributed by atoms with E-state index in [-0.39, 0.29) is 17.5 Å². The predicted octanol–water partition coefficient (Wildman–Crippen LogP) is 0.137. The molecule has 0 atom stereocenters. The van der Waals surface area contributed by atoms with Crippen LogP contribution in [0, 0.1) is 5.92 Å². The van der Waals surface area contributed by atoms with Gasteiger partial charge in [0.1, 0.15) is 11.4 Å². The molecule has 1 saturated heterocycles. The number of nitrogens with zero attached hydrogens (tertiary/aromatic N) is 2. The van der Waals surface area contributed by atoms with Gasteiger partial charge in [-0.3, -0.25) is 0 Å². The summed E-state index contributed by atoms with van der Waals surface area (Å²) in [5, 5.41) is 0. The number of carbonyl (C=O) groups is 1. The smallest absolute Gasteiger partial charge is 0.346 e. The predicted molar refractivity (Wildman–Crippen MR) is 67.1 cm³/mol. The van der Waals surface area contributed by atoms with E-state index in [4.69, 9.17) is 5.73 Å². The Morgan fingerprint density at radius 2 is 1.94 bits per heavy atom. The third-order valence-electron chi connectivity index (χ3n) is 4.23. The molecule has 100 valence electrons. The second-order valence-electron chi connectivity index (χ2n) is 5.52. The molecule has 7 heteroatoms. The molecule has 1 aliphatic carbocycles. The van der Waals surface area contributed by atoms with E-state index >= 15 is 0 Å². The number of urea groups is 1. The third kappa shape index (κ3) is 1.81. The van der Waals surface area contributed by atoms with Gasteiger partial charge in [-0.1, -0.05) is 0 Å². The highest BCUT2D eigenvalue weighted by Crippen LogP contribution is 2.39.